The Hall–Kier alpha value is -1.61. The molecule has 1 saturated carbocycles. The van der Waals surface area contributed by atoms with Crippen LogP contribution < -0.4 is 4.72 Å². The third kappa shape index (κ3) is 2.62. The zero-order valence-corrected chi connectivity index (χ0v) is 10.5. The summed E-state index contributed by atoms with van der Waals surface area (Å²) in [5, 5.41) is 8.45. The Labute approximate surface area is 105 Å². The maximum Gasteiger partial charge on any atom is 0.235 e. The third-order valence-corrected chi connectivity index (χ3v) is 4.95. The Bertz CT molecular complexity index is 587. The number of rotatable bonds is 3. The van der Waals surface area contributed by atoms with Crippen molar-refractivity contribution in [2.24, 2.45) is 0 Å². The molecule has 1 N–H and O–H groups in total. The van der Waals surface area contributed by atoms with Crippen LogP contribution in [0.2, 0.25) is 0 Å². The molecule has 1 aromatic rings. The smallest absolute Gasteiger partial charge is 0.235 e. The molecular formula is C12H13FN2O2S. The molecule has 18 heavy (non-hydrogen) atoms. The molecule has 0 atom stereocenters. The number of hydrogen-bond donors (Lipinski definition) is 1. The van der Waals surface area contributed by atoms with Gasteiger partial charge in [-0.15, -0.1) is 0 Å². The lowest BCUT2D eigenvalue weighted by Crippen LogP contribution is -2.25. The van der Waals surface area contributed by atoms with Crippen LogP contribution in [0.25, 0.3) is 0 Å². The molecule has 4 nitrogen and oxygen atoms in total. The van der Waals surface area contributed by atoms with E-state index in [1.54, 1.807) is 6.07 Å². The van der Waals surface area contributed by atoms with Crippen LogP contribution in [-0.2, 0) is 10.0 Å². The lowest BCUT2D eigenvalue weighted by atomic mass is 10.2. The minimum absolute atomic E-state index is 0.00317. The van der Waals surface area contributed by atoms with Crippen LogP contribution in [0, 0.1) is 17.1 Å². The largest absolute Gasteiger partial charge is 0.282 e. The van der Waals surface area contributed by atoms with E-state index in [0.717, 1.165) is 25.0 Å². The van der Waals surface area contributed by atoms with Gasteiger partial charge in [0.15, 0.2) is 0 Å². The highest BCUT2D eigenvalue weighted by Gasteiger charge is 2.29. The zero-order valence-electron chi connectivity index (χ0n) is 9.69. The van der Waals surface area contributed by atoms with Crippen molar-refractivity contribution in [3.05, 3.63) is 29.6 Å². The van der Waals surface area contributed by atoms with Crippen molar-refractivity contribution in [1.29, 1.82) is 5.26 Å². The first-order valence-corrected chi connectivity index (χ1v) is 7.29. The van der Waals surface area contributed by atoms with Crippen LogP contribution in [-0.4, -0.2) is 13.7 Å². The van der Waals surface area contributed by atoms with Gasteiger partial charge in [0.2, 0.25) is 10.0 Å². The van der Waals surface area contributed by atoms with E-state index >= 15 is 0 Å². The number of nitrogens with one attached hydrogen (secondary N) is 1. The normalized spacial score (nSPS) is 16.4. The van der Waals surface area contributed by atoms with Crippen molar-refractivity contribution < 1.29 is 12.8 Å². The van der Waals surface area contributed by atoms with Gasteiger partial charge in [-0.05, 0) is 31.0 Å². The summed E-state index contributed by atoms with van der Waals surface area (Å²) >= 11 is 0. The topological polar surface area (TPSA) is 70.0 Å². The molecule has 1 aliphatic rings. The van der Waals surface area contributed by atoms with Gasteiger partial charge in [-0.1, -0.05) is 12.8 Å². The first-order valence-electron chi connectivity index (χ1n) is 5.74. The number of sulfonamides is 1. The minimum Gasteiger partial charge on any atom is -0.282 e. The molecule has 6 heteroatoms. The summed E-state index contributed by atoms with van der Waals surface area (Å²) in [4.78, 5) is 0. The van der Waals surface area contributed by atoms with Crippen molar-refractivity contribution in [1.82, 2.24) is 0 Å². The van der Waals surface area contributed by atoms with Gasteiger partial charge < -0.3 is 0 Å². The van der Waals surface area contributed by atoms with Gasteiger partial charge in [-0.2, -0.15) is 5.26 Å². The number of nitrogens with zero attached hydrogens (tertiary/aromatic N) is 1. The molecule has 0 unspecified atom stereocenters. The fourth-order valence-electron chi connectivity index (χ4n) is 2.13. The van der Waals surface area contributed by atoms with E-state index in [9.17, 15) is 12.8 Å². The van der Waals surface area contributed by atoms with E-state index in [1.165, 1.54) is 6.07 Å². The first kappa shape index (κ1) is 12.8. The third-order valence-electron chi connectivity index (χ3n) is 3.10. The van der Waals surface area contributed by atoms with Gasteiger partial charge in [0, 0.05) is 0 Å². The highest BCUT2D eigenvalue weighted by molar-refractivity contribution is 7.93. The predicted octanol–water partition coefficient (Wildman–Crippen LogP) is 2.38. The van der Waals surface area contributed by atoms with Gasteiger partial charge in [-0.3, -0.25) is 4.72 Å². The molecule has 1 fully saturated rings. The molecule has 0 aromatic heterocycles. The molecule has 0 saturated heterocycles. The summed E-state index contributed by atoms with van der Waals surface area (Å²) in [6.45, 7) is 0. The second-order valence-electron chi connectivity index (χ2n) is 4.36. The van der Waals surface area contributed by atoms with Crippen molar-refractivity contribution in [2.45, 2.75) is 30.9 Å². The molecule has 0 bridgehead atoms. The molecular weight excluding hydrogens is 255 g/mol. The molecule has 1 aliphatic carbocycles. The van der Waals surface area contributed by atoms with Crippen LogP contribution in [0.1, 0.15) is 31.2 Å². The van der Waals surface area contributed by atoms with Crippen molar-refractivity contribution in [3.63, 3.8) is 0 Å². The van der Waals surface area contributed by atoms with Crippen LogP contribution >= 0.6 is 0 Å². The van der Waals surface area contributed by atoms with E-state index in [4.69, 9.17) is 5.26 Å². The van der Waals surface area contributed by atoms with Crippen molar-refractivity contribution in [3.8, 4) is 6.07 Å². The minimum atomic E-state index is -3.48. The summed E-state index contributed by atoms with van der Waals surface area (Å²) in [5.41, 5.74) is 0.141. The summed E-state index contributed by atoms with van der Waals surface area (Å²) in [6, 6.07) is 5.21. The lowest BCUT2D eigenvalue weighted by molar-refractivity contribution is 0.585. The molecule has 0 spiro atoms. The number of benzene rings is 1. The van der Waals surface area contributed by atoms with E-state index in [0.29, 0.717) is 12.8 Å². The Morgan fingerprint density at radius 2 is 2.00 bits per heavy atom. The van der Waals surface area contributed by atoms with Gasteiger partial charge in [0.25, 0.3) is 0 Å². The fourth-order valence-corrected chi connectivity index (χ4v) is 3.74. The number of hydrogen-bond acceptors (Lipinski definition) is 3. The van der Waals surface area contributed by atoms with Gasteiger partial charge in [0.05, 0.1) is 16.5 Å². The van der Waals surface area contributed by atoms with E-state index in [1.807, 2.05) is 0 Å². The summed E-state index contributed by atoms with van der Waals surface area (Å²) < 4.78 is 39.4. The van der Waals surface area contributed by atoms with Crippen molar-refractivity contribution >= 4 is 15.7 Å². The van der Waals surface area contributed by atoms with Crippen LogP contribution in [0.5, 0.6) is 0 Å². The number of halogens is 1. The Morgan fingerprint density at radius 1 is 1.33 bits per heavy atom. The van der Waals surface area contributed by atoms with Crippen LogP contribution in [0.3, 0.4) is 0 Å². The van der Waals surface area contributed by atoms with E-state index < -0.39 is 21.1 Å². The van der Waals surface area contributed by atoms with Gasteiger partial charge in [-0.25, -0.2) is 12.8 Å². The van der Waals surface area contributed by atoms with Crippen LogP contribution in [0.15, 0.2) is 18.2 Å². The molecule has 0 aliphatic heterocycles. The highest BCUT2D eigenvalue weighted by Crippen LogP contribution is 2.27. The van der Waals surface area contributed by atoms with Gasteiger partial charge in [0.1, 0.15) is 11.9 Å². The quantitative estimate of drug-likeness (QED) is 0.915. The summed E-state index contributed by atoms with van der Waals surface area (Å²) in [7, 11) is -3.48. The van der Waals surface area contributed by atoms with Crippen LogP contribution in [0.4, 0.5) is 10.1 Å². The van der Waals surface area contributed by atoms with Crippen molar-refractivity contribution in [2.75, 3.05) is 4.72 Å². The molecule has 0 heterocycles. The molecule has 1 aromatic carbocycles. The Morgan fingerprint density at radius 3 is 2.61 bits per heavy atom. The molecule has 2 rings (SSSR count). The van der Waals surface area contributed by atoms with E-state index in [-0.39, 0.29) is 11.3 Å². The maximum absolute atomic E-state index is 12.9. The molecule has 96 valence electrons. The van der Waals surface area contributed by atoms with E-state index in [2.05, 4.69) is 4.72 Å². The first-order chi connectivity index (χ1) is 8.53. The predicted molar refractivity (Wildman–Crippen MR) is 65.9 cm³/mol. The molecule has 0 amide bonds. The number of anilines is 1. The fraction of sp³-hybridized carbons (Fsp3) is 0.417. The summed E-state index contributed by atoms with van der Waals surface area (Å²) in [6.07, 6.45) is 3.08. The standard InChI is InChI=1S/C12H13FN2O2S/c13-10-5-6-12(9(7-10)8-14)15-18(16,17)11-3-1-2-4-11/h5-7,11,15H,1-4H2. The second-order valence-corrected chi connectivity index (χ2v) is 6.32. The zero-order chi connectivity index (χ0) is 13.2. The lowest BCUT2D eigenvalue weighted by Gasteiger charge is -2.14. The Balaban J connectivity index is 2.26. The Kier molecular flexibility index (Phi) is 3.53. The number of nitriles is 1. The maximum atomic E-state index is 12.9. The average molecular weight is 268 g/mol. The SMILES string of the molecule is N#Cc1cc(F)ccc1NS(=O)(=O)C1CCCC1. The van der Waals surface area contributed by atoms with Gasteiger partial charge >= 0.3 is 0 Å². The summed E-state index contributed by atoms with van der Waals surface area (Å²) in [5.74, 6) is -0.560. The highest BCUT2D eigenvalue weighted by atomic mass is 32.2. The second kappa shape index (κ2) is 4.94. The monoisotopic (exact) mass is 268 g/mol. The average Bonchev–Trinajstić information content (AvgIpc) is 2.85. The molecule has 0 radical (unpaired) electrons.